The van der Waals surface area contributed by atoms with Gasteiger partial charge in [-0.25, -0.2) is 0 Å². The Morgan fingerprint density at radius 2 is 2.30 bits per heavy atom. The van der Waals surface area contributed by atoms with Gasteiger partial charge in [0.05, 0.1) is 0 Å². The zero-order valence-electron chi connectivity index (χ0n) is 6.68. The average molecular weight is 179 g/mol. The molecule has 0 spiro atoms. The van der Waals surface area contributed by atoms with Gasteiger partial charge in [0, 0.05) is 0 Å². The van der Waals surface area contributed by atoms with Gasteiger partial charge >= 0.3 is 0 Å². The molecule has 0 aromatic heterocycles. The average Bonchev–Trinajstić information content (AvgIpc) is 1.97. The maximum Gasteiger partial charge on any atom is 0.177 e. The van der Waals surface area contributed by atoms with E-state index < -0.39 is 0 Å². The summed E-state index contributed by atoms with van der Waals surface area (Å²) in [6, 6.07) is 0. The van der Waals surface area contributed by atoms with Crippen molar-refractivity contribution in [3.63, 3.8) is 0 Å². The molecule has 60 valence electrons. The van der Waals surface area contributed by atoms with Gasteiger partial charge < -0.3 is 0 Å². The predicted octanol–water partition coefficient (Wildman–Crippen LogP) is 0.555. The van der Waals surface area contributed by atoms with E-state index in [0.717, 1.165) is 0 Å². The first-order valence-corrected chi connectivity index (χ1v) is 5.54. The van der Waals surface area contributed by atoms with E-state index in [2.05, 4.69) is 23.1 Å². The van der Waals surface area contributed by atoms with Gasteiger partial charge in [-0.15, -0.1) is 0 Å². The highest BCUT2D eigenvalue weighted by Crippen LogP contribution is 2.17. The monoisotopic (exact) mass is 178 g/mol. The molecule has 0 aromatic carbocycles. The van der Waals surface area contributed by atoms with Crippen LogP contribution in [0.15, 0.2) is 0 Å². The summed E-state index contributed by atoms with van der Waals surface area (Å²) in [5.41, 5.74) is 0.221. The SMILES string of the molecule is CCCCN1[SiH2]N(C)C1Cl. The zero-order chi connectivity index (χ0) is 7.56. The van der Waals surface area contributed by atoms with Crippen LogP contribution in [0, 0.1) is 0 Å². The second kappa shape index (κ2) is 3.71. The minimum absolute atomic E-state index is 0.0897. The Bertz CT molecular complexity index is 112. The summed E-state index contributed by atoms with van der Waals surface area (Å²) >= 11 is 5.99. The van der Waals surface area contributed by atoms with E-state index in [0.29, 0.717) is 0 Å². The molecule has 2 nitrogen and oxygen atoms in total. The van der Waals surface area contributed by atoms with Crippen LogP contribution < -0.4 is 0 Å². The summed E-state index contributed by atoms with van der Waals surface area (Å²) in [4.78, 5) is 0. The molecule has 1 atom stereocenters. The van der Waals surface area contributed by atoms with Crippen molar-refractivity contribution in [2.75, 3.05) is 13.6 Å². The normalized spacial score (nSPS) is 30.9. The van der Waals surface area contributed by atoms with E-state index in [1.54, 1.807) is 0 Å². The second-order valence-corrected chi connectivity index (χ2v) is 5.36. The Morgan fingerprint density at radius 3 is 2.70 bits per heavy atom. The minimum Gasteiger partial charge on any atom is -0.292 e. The highest BCUT2D eigenvalue weighted by atomic mass is 35.5. The van der Waals surface area contributed by atoms with Gasteiger partial charge in [-0.1, -0.05) is 24.9 Å². The third-order valence-corrected chi connectivity index (χ3v) is 4.76. The number of halogens is 1. The number of unbranched alkanes of at least 4 members (excludes halogenated alkanes) is 1. The predicted molar refractivity (Wildman–Crippen MR) is 47.6 cm³/mol. The highest BCUT2D eigenvalue weighted by molar-refractivity contribution is 6.39. The first-order chi connectivity index (χ1) is 4.75. The molecule has 0 aliphatic carbocycles. The molecule has 0 radical (unpaired) electrons. The smallest absolute Gasteiger partial charge is 0.177 e. The molecule has 0 bridgehead atoms. The summed E-state index contributed by atoms with van der Waals surface area (Å²) in [6.45, 7) is 3.43. The molecule has 1 heterocycles. The molecule has 1 rings (SSSR count). The number of hydrogen-bond donors (Lipinski definition) is 0. The lowest BCUT2D eigenvalue weighted by Gasteiger charge is -2.45. The molecule has 1 aliphatic heterocycles. The zero-order valence-corrected chi connectivity index (χ0v) is 8.85. The topological polar surface area (TPSA) is 6.48 Å². The van der Waals surface area contributed by atoms with E-state index >= 15 is 0 Å². The largest absolute Gasteiger partial charge is 0.292 e. The summed E-state index contributed by atoms with van der Waals surface area (Å²) in [7, 11) is 2.01. The number of nitrogens with zero attached hydrogens (tertiary/aromatic N) is 2. The van der Waals surface area contributed by atoms with Gasteiger partial charge in [0.2, 0.25) is 0 Å². The van der Waals surface area contributed by atoms with Gasteiger partial charge in [0.25, 0.3) is 0 Å². The Hall–Kier alpha value is 0.427. The number of rotatable bonds is 3. The van der Waals surface area contributed by atoms with Crippen LogP contribution in [0.2, 0.25) is 0 Å². The van der Waals surface area contributed by atoms with E-state index in [1.807, 2.05) is 0 Å². The Labute approximate surface area is 70.1 Å². The molecular weight excluding hydrogens is 164 g/mol. The molecule has 4 heteroatoms. The van der Waals surface area contributed by atoms with Crippen molar-refractivity contribution >= 4 is 21.4 Å². The molecule has 0 saturated carbocycles. The minimum atomic E-state index is -0.0897. The van der Waals surface area contributed by atoms with Gasteiger partial charge in [-0.2, -0.15) is 0 Å². The van der Waals surface area contributed by atoms with Crippen molar-refractivity contribution < 1.29 is 0 Å². The van der Waals surface area contributed by atoms with Crippen molar-refractivity contribution in [2.45, 2.75) is 25.4 Å². The van der Waals surface area contributed by atoms with Crippen LogP contribution in [-0.4, -0.2) is 38.2 Å². The second-order valence-electron chi connectivity index (χ2n) is 2.87. The summed E-state index contributed by atoms with van der Waals surface area (Å²) in [5, 5.41) is 0. The summed E-state index contributed by atoms with van der Waals surface area (Å²) in [6.07, 6.45) is 2.57. The molecule has 1 aliphatic rings. The first kappa shape index (κ1) is 8.52. The van der Waals surface area contributed by atoms with Gasteiger partial charge in [0.1, 0.15) is 5.62 Å². The molecule has 0 amide bonds. The van der Waals surface area contributed by atoms with E-state index in [9.17, 15) is 0 Å². The van der Waals surface area contributed by atoms with Gasteiger partial charge in [0.15, 0.2) is 9.84 Å². The van der Waals surface area contributed by atoms with Crippen molar-refractivity contribution in [1.82, 2.24) is 9.13 Å². The standard InChI is InChI=1S/C6H15ClN2Si/c1-3-4-5-9-6(7)8(2)10-9/h6H,3-5,10H2,1-2H3. The van der Waals surface area contributed by atoms with Crippen molar-refractivity contribution in [3.8, 4) is 0 Å². The fourth-order valence-electron chi connectivity index (χ4n) is 1.14. The van der Waals surface area contributed by atoms with Crippen LogP contribution in [0.3, 0.4) is 0 Å². The lowest BCUT2D eigenvalue weighted by atomic mass is 10.3. The Morgan fingerprint density at radius 1 is 1.60 bits per heavy atom. The maximum atomic E-state index is 5.99. The summed E-state index contributed by atoms with van der Waals surface area (Å²) < 4.78 is 4.67. The lowest BCUT2D eigenvalue weighted by molar-refractivity contribution is 0.189. The molecular formula is C6H15ClN2Si. The van der Waals surface area contributed by atoms with Crippen LogP contribution in [-0.2, 0) is 0 Å². The van der Waals surface area contributed by atoms with Crippen molar-refractivity contribution in [2.24, 2.45) is 0 Å². The molecule has 1 saturated heterocycles. The van der Waals surface area contributed by atoms with Gasteiger partial charge in [-0.05, 0) is 20.0 Å². The van der Waals surface area contributed by atoms with Crippen LogP contribution in [0.4, 0.5) is 0 Å². The van der Waals surface area contributed by atoms with Crippen molar-refractivity contribution in [1.29, 1.82) is 0 Å². The maximum absolute atomic E-state index is 5.99. The Kier molecular flexibility index (Phi) is 3.16. The fraction of sp³-hybridized carbons (Fsp3) is 1.00. The lowest BCUT2D eigenvalue weighted by Crippen LogP contribution is -2.62. The van der Waals surface area contributed by atoms with Crippen LogP contribution in [0.5, 0.6) is 0 Å². The first-order valence-electron chi connectivity index (χ1n) is 3.84. The van der Waals surface area contributed by atoms with Crippen LogP contribution in [0.1, 0.15) is 19.8 Å². The third kappa shape index (κ3) is 1.72. The molecule has 1 unspecified atom stereocenters. The van der Waals surface area contributed by atoms with Crippen molar-refractivity contribution in [3.05, 3.63) is 0 Å². The number of alkyl halides is 1. The van der Waals surface area contributed by atoms with E-state index in [4.69, 9.17) is 11.6 Å². The Balaban J connectivity index is 2.08. The quantitative estimate of drug-likeness (QED) is 0.354. The van der Waals surface area contributed by atoms with E-state index in [1.165, 1.54) is 19.4 Å². The molecule has 0 aromatic rings. The van der Waals surface area contributed by atoms with Crippen LogP contribution >= 0.6 is 11.6 Å². The van der Waals surface area contributed by atoms with Crippen LogP contribution in [0.25, 0.3) is 0 Å². The summed E-state index contributed by atoms with van der Waals surface area (Å²) in [5.74, 6) is 0. The highest BCUT2D eigenvalue weighted by Gasteiger charge is 2.30. The van der Waals surface area contributed by atoms with E-state index in [-0.39, 0.29) is 15.5 Å². The molecule has 1 fully saturated rings. The number of hydrogen-bond acceptors (Lipinski definition) is 2. The van der Waals surface area contributed by atoms with Gasteiger partial charge in [-0.3, -0.25) is 9.13 Å². The fourth-order valence-corrected chi connectivity index (χ4v) is 3.02. The third-order valence-electron chi connectivity index (χ3n) is 1.87. The molecule has 10 heavy (non-hydrogen) atoms. The molecule has 0 N–H and O–H groups in total.